The van der Waals surface area contributed by atoms with Crippen molar-refractivity contribution in [2.24, 2.45) is 17.8 Å². The summed E-state index contributed by atoms with van der Waals surface area (Å²) in [5.74, 6) is 1.82. The summed E-state index contributed by atoms with van der Waals surface area (Å²) in [7, 11) is 0. The van der Waals surface area contributed by atoms with E-state index in [2.05, 4.69) is 27.3 Å². The Bertz CT molecular complexity index is 1230. The number of pyridine rings is 1. The minimum absolute atomic E-state index is 0.122. The van der Waals surface area contributed by atoms with Crippen LogP contribution in [0.15, 0.2) is 36.4 Å². The second-order valence-electron chi connectivity index (χ2n) is 11.2. The molecule has 9 heteroatoms. The van der Waals surface area contributed by atoms with Crippen LogP contribution in [-0.2, 0) is 5.41 Å². The highest BCUT2D eigenvalue weighted by molar-refractivity contribution is 6.33. The van der Waals surface area contributed by atoms with Crippen LogP contribution >= 0.6 is 23.2 Å². The van der Waals surface area contributed by atoms with Gasteiger partial charge in [-0.05, 0) is 85.1 Å². The van der Waals surface area contributed by atoms with Crippen molar-refractivity contribution in [3.8, 4) is 6.07 Å². The maximum absolute atomic E-state index is 13.6. The molecule has 2 heterocycles. The SMILES string of the molecule is N#Cc1cccc([C@@]23CC[C@@H](N(CCN4C[C@H]5C[C@H]5[C@H]4CO)C(=O)Nc4cc(Cl)nc(Cl)c4)CC2C3)c1. The molecule has 1 saturated heterocycles. The third-order valence-electron chi connectivity index (χ3n) is 9.22. The number of fused-ring (bicyclic) bond motifs is 2. The van der Waals surface area contributed by atoms with Gasteiger partial charge in [-0.3, -0.25) is 4.90 Å². The largest absolute Gasteiger partial charge is 0.395 e. The van der Waals surface area contributed by atoms with Crippen molar-refractivity contribution in [1.82, 2.24) is 14.8 Å². The second kappa shape index (κ2) is 9.74. The number of halogens is 2. The summed E-state index contributed by atoms with van der Waals surface area (Å²) in [5, 5.41) is 22.7. The molecule has 194 valence electrons. The van der Waals surface area contributed by atoms with Crippen LogP contribution in [-0.4, -0.2) is 64.2 Å². The van der Waals surface area contributed by atoms with Gasteiger partial charge in [0.05, 0.1) is 18.2 Å². The number of nitrogens with one attached hydrogen (secondary N) is 1. The molecule has 7 nitrogen and oxygen atoms in total. The minimum Gasteiger partial charge on any atom is -0.395 e. The molecule has 0 radical (unpaired) electrons. The third-order valence-corrected chi connectivity index (χ3v) is 9.61. The third kappa shape index (κ3) is 4.81. The Morgan fingerprint density at radius 3 is 2.81 bits per heavy atom. The standard InChI is InChI=1S/C28H31Cl2N5O2/c29-25-11-21(12-26(30)33-25)32-27(37)35(7-6-34-15-18-9-23(18)24(34)16-36)22-4-5-28(13-20(28)10-22)19-3-1-2-17(8-19)14-31/h1-3,8,11-12,18,20,22-24,36H,4-7,9-10,13,15-16H2,(H,32,33,37)/t18-,20?,22-,23-,24-,28+/m1/s1. The van der Waals surface area contributed by atoms with Crippen LogP contribution < -0.4 is 5.32 Å². The topological polar surface area (TPSA) is 92.5 Å². The van der Waals surface area contributed by atoms with E-state index in [0.717, 1.165) is 38.8 Å². The Labute approximate surface area is 227 Å². The van der Waals surface area contributed by atoms with Gasteiger partial charge in [0.15, 0.2) is 0 Å². The average molecular weight is 540 g/mol. The number of carbonyl (C=O) groups is 1. The van der Waals surface area contributed by atoms with Crippen molar-refractivity contribution >= 4 is 34.9 Å². The molecule has 4 fully saturated rings. The fourth-order valence-electron chi connectivity index (χ4n) is 7.13. The molecule has 3 saturated carbocycles. The van der Waals surface area contributed by atoms with Crippen LogP contribution in [0.25, 0.3) is 0 Å². The van der Waals surface area contributed by atoms with Crippen molar-refractivity contribution in [3.63, 3.8) is 0 Å². The number of aliphatic hydroxyl groups is 1. The summed E-state index contributed by atoms with van der Waals surface area (Å²) in [6, 6.07) is 13.7. The first-order valence-corrected chi connectivity index (χ1v) is 13.9. The highest BCUT2D eigenvalue weighted by atomic mass is 35.5. The summed E-state index contributed by atoms with van der Waals surface area (Å²) in [6.07, 6.45) is 5.17. The number of rotatable bonds is 7. The smallest absolute Gasteiger partial charge is 0.322 e. The summed E-state index contributed by atoms with van der Waals surface area (Å²) >= 11 is 12.1. The van der Waals surface area contributed by atoms with Gasteiger partial charge < -0.3 is 15.3 Å². The highest BCUT2D eigenvalue weighted by Gasteiger charge is 2.58. The van der Waals surface area contributed by atoms with Crippen molar-refractivity contribution in [1.29, 1.82) is 5.26 Å². The van der Waals surface area contributed by atoms with E-state index in [-0.39, 0.29) is 40.4 Å². The lowest BCUT2D eigenvalue weighted by Crippen LogP contribution is -2.49. The quantitative estimate of drug-likeness (QED) is 0.487. The molecule has 1 unspecified atom stereocenters. The molecule has 0 spiro atoms. The number of aromatic nitrogens is 1. The summed E-state index contributed by atoms with van der Waals surface area (Å²) < 4.78 is 0. The summed E-state index contributed by atoms with van der Waals surface area (Å²) in [6.45, 7) is 2.53. The summed E-state index contributed by atoms with van der Waals surface area (Å²) in [5.41, 5.74) is 2.63. The van der Waals surface area contributed by atoms with Crippen molar-refractivity contribution in [3.05, 3.63) is 57.8 Å². The molecule has 4 aliphatic rings. The number of carbonyl (C=O) groups excluding carboxylic acids is 1. The zero-order valence-electron chi connectivity index (χ0n) is 20.6. The normalized spacial score (nSPS) is 31.7. The van der Waals surface area contributed by atoms with Crippen molar-refractivity contribution in [2.45, 2.75) is 49.6 Å². The van der Waals surface area contributed by atoms with Crippen LogP contribution in [0.2, 0.25) is 10.3 Å². The van der Waals surface area contributed by atoms with Gasteiger partial charge in [0.25, 0.3) is 0 Å². The Morgan fingerprint density at radius 1 is 1.27 bits per heavy atom. The first kappa shape index (κ1) is 24.9. The first-order valence-electron chi connectivity index (χ1n) is 13.2. The van der Waals surface area contributed by atoms with Crippen LogP contribution in [0, 0.1) is 29.1 Å². The maximum atomic E-state index is 13.6. The summed E-state index contributed by atoms with van der Waals surface area (Å²) in [4.78, 5) is 21.9. The lowest BCUT2D eigenvalue weighted by molar-refractivity contribution is 0.110. The number of nitrogens with zero attached hydrogens (tertiary/aromatic N) is 4. The van der Waals surface area contributed by atoms with Crippen LogP contribution in [0.1, 0.15) is 43.2 Å². The average Bonchev–Trinajstić information content (AvgIpc) is 3.78. The lowest BCUT2D eigenvalue weighted by Gasteiger charge is -2.38. The zero-order valence-corrected chi connectivity index (χ0v) is 22.1. The Balaban J connectivity index is 1.18. The number of hydrogen-bond acceptors (Lipinski definition) is 5. The van der Waals surface area contributed by atoms with E-state index in [9.17, 15) is 15.2 Å². The molecule has 6 atom stereocenters. The van der Waals surface area contributed by atoms with Gasteiger partial charge in [-0.2, -0.15) is 5.26 Å². The number of amides is 2. The van der Waals surface area contributed by atoms with Crippen molar-refractivity contribution in [2.75, 3.05) is 31.6 Å². The number of aliphatic hydroxyl groups excluding tert-OH is 1. The van der Waals surface area contributed by atoms with Crippen LogP contribution in [0.4, 0.5) is 10.5 Å². The van der Waals surface area contributed by atoms with Crippen LogP contribution in [0.3, 0.4) is 0 Å². The highest BCUT2D eigenvalue weighted by Crippen LogP contribution is 2.63. The second-order valence-corrected chi connectivity index (χ2v) is 12.0. The molecule has 2 N–H and O–H groups in total. The molecule has 2 amide bonds. The molecule has 0 bridgehead atoms. The number of benzene rings is 1. The maximum Gasteiger partial charge on any atom is 0.322 e. The monoisotopic (exact) mass is 539 g/mol. The Hall–Kier alpha value is -2.37. The fourth-order valence-corrected chi connectivity index (χ4v) is 7.59. The van der Waals surface area contributed by atoms with E-state index in [4.69, 9.17) is 23.2 Å². The van der Waals surface area contributed by atoms with Gasteiger partial charge >= 0.3 is 6.03 Å². The molecular weight excluding hydrogens is 509 g/mol. The van der Waals surface area contributed by atoms with Crippen LogP contribution in [0.5, 0.6) is 0 Å². The molecule has 3 aliphatic carbocycles. The van der Waals surface area contributed by atoms with E-state index >= 15 is 0 Å². The van der Waals surface area contributed by atoms with Gasteiger partial charge in [-0.1, -0.05) is 35.3 Å². The number of urea groups is 1. The van der Waals surface area contributed by atoms with Gasteiger partial charge in [0, 0.05) is 37.4 Å². The number of nitriles is 1. The predicted octanol–water partition coefficient (Wildman–Crippen LogP) is 4.92. The van der Waals surface area contributed by atoms with Gasteiger partial charge in [0.1, 0.15) is 10.3 Å². The molecular formula is C28H31Cl2N5O2. The molecule has 1 aromatic heterocycles. The van der Waals surface area contributed by atoms with E-state index < -0.39 is 0 Å². The number of hydrogen-bond donors (Lipinski definition) is 2. The Kier molecular flexibility index (Phi) is 6.57. The van der Waals surface area contributed by atoms with E-state index in [1.54, 1.807) is 12.1 Å². The van der Waals surface area contributed by atoms with Crippen molar-refractivity contribution < 1.29 is 9.90 Å². The van der Waals surface area contributed by atoms with Gasteiger partial charge in [-0.15, -0.1) is 0 Å². The number of likely N-dealkylation sites (tertiary alicyclic amines) is 1. The van der Waals surface area contributed by atoms with E-state index in [1.807, 2.05) is 23.1 Å². The first-order chi connectivity index (χ1) is 17.9. The molecule has 2 aromatic rings. The zero-order chi connectivity index (χ0) is 25.7. The van der Waals surface area contributed by atoms with Gasteiger partial charge in [-0.25, -0.2) is 9.78 Å². The number of anilines is 1. The molecule has 1 aromatic carbocycles. The predicted molar refractivity (Wildman–Crippen MR) is 143 cm³/mol. The van der Waals surface area contributed by atoms with Gasteiger partial charge in [0.2, 0.25) is 0 Å². The number of piperidine rings is 1. The Morgan fingerprint density at radius 2 is 2.08 bits per heavy atom. The fraction of sp³-hybridized carbons (Fsp3) is 0.536. The molecule has 6 rings (SSSR count). The molecule has 1 aliphatic heterocycles. The van der Waals surface area contributed by atoms with E-state index in [1.165, 1.54) is 12.0 Å². The lowest BCUT2D eigenvalue weighted by atomic mass is 9.80. The van der Waals surface area contributed by atoms with E-state index in [0.29, 0.717) is 35.5 Å². The minimum atomic E-state index is -0.159. The molecule has 37 heavy (non-hydrogen) atoms.